The van der Waals surface area contributed by atoms with Crippen LogP contribution in [0.15, 0.2) is 60.7 Å². The lowest BCUT2D eigenvalue weighted by Crippen LogP contribution is -2.19. The van der Waals surface area contributed by atoms with Crippen molar-refractivity contribution >= 4 is 39.5 Å². The average Bonchev–Trinajstić information content (AvgIpc) is 2.61. The first kappa shape index (κ1) is 16.1. The minimum Gasteiger partial charge on any atom is -0.497 e. The molecule has 0 bridgehead atoms. The van der Waals surface area contributed by atoms with Crippen molar-refractivity contribution in [1.29, 1.82) is 0 Å². The normalized spacial score (nSPS) is 10.2. The number of ether oxygens (including phenoxy) is 2. The van der Waals surface area contributed by atoms with E-state index in [1.54, 1.807) is 14.2 Å². The largest absolute Gasteiger partial charge is 0.497 e. The van der Waals surface area contributed by atoms with E-state index in [0.29, 0.717) is 16.6 Å². The van der Waals surface area contributed by atoms with Crippen molar-refractivity contribution in [3.05, 3.63) is 60.7 Å². The smallest absolute Gasteiger partial charge is 0.175 e. The van der Waals surface area contributed by atoms with Crippen molar-refractivity contribution in [2.75, 3.05) is 24.9 Å². The second-order valence-corrected chi connectivity index (χ2v) is 5.65. The van der Waals surface area contributed by atoms with Crippen LogP contribution in [0.4, 0.5) is 11.4 Å². The summed E-state index contributed by atoms with van der Waals surface area (Å²) >= 11 is 5.40. The van der Waals surface area contributed by atoms with Gasteiger partial charge in [0.15, 0.2) is 5.11 Å². The molecule has 0 aromatic heterocycles. The Kier molecular flexibility index (Phi) is 4.82. The quantitative estimate of drug-likeness (QED) is 0.677. The fourth-order valence-electron chi connectivity index (χ4n) is 2.44. The summed E-state index contributed by atoms with van der Waals surface area (Å²) in [5.74, 6) is 1.40. The number of hydrogen-bond donors (Lipinski definition) is 2. The van der Waals surface area contributed by atoms with Crippen LogP contribution in [0.3, 0.4) is 0 Å². The highest BCUT2D eigenvalue weighted by molar-refractivity contribution is 7.80. The first-order chi connectivity index (χ1) is 11.7. The van der Waals surface area contributed by atoms with Gasteiger partial charge in [-0.2, -0.15) is 0 Å². The Hall–Kier alpha value is -2.79. The van der Waals surface area contributed by atoms with Crippen molar-refractivity contribution in [1.82, 2.24) is 0 Å². The third-order valence-corrected chi connectivity index (χ3v) is 3.82. The molecule has 0 aliphatic heterocycles. The van der Waals surface area contributed by atoms with Crippen LogP contribution in [0.2, 0.25) is 0 Å². The minimum absolute atomic E-state index is 0.501. The molecule has 0 unspecified atom stereocenters. The number of hydrogen-bond acceptors (Lipinski definition) is 3. The molecule has 122 valence electrons. The number of rotatable bonds is 4. The van der Waals surface area contributed by atoms with E-state index in [9.17, 15) is 0 Å². The Labute approximate surface area is 146 Å². The molecule has 0 saturated carbocycles. The van der Waals surface area contributed by atoms with Crippen LogP contribution in [0, 0.1) is 0 Å². The lowest BCUT2D eigenvalue weighted by Gasteiger charge is -2.13. The van der Waals surface area contributed by atoms with E-state index in [1.807, 2.05) is 36.4 Å². The van der Waals surface area contributed by atoms with Crippen molar-refractivity contribution in [3.63, 3.8) is 0 Å². The van der Waals surface area contributed by atoms with Gasteiger partial charge in [0.05, 0.1) is 14.2 Å². The maximum absolute atomic E-state index is 5.40. The molecular formula is C19H18N2O2S. The zero-order chi connectivity index (χ0) is 16.9. The molecule has 0 spiro atoms. The molecule has 0 atom stereocenters. The van der Waals surface area contributed by atoms with Gasteiger partial charge < -0.3 is 20.1 Å². The monoisotopic (exact) mass is 338 g/mol. The molecule has 4 nitrogen and oxygen atoms in total. The fraction of sp³-hybridized carbons (Fsp3) is 0.105. The minimum atomic E-state index is 0.501. The first-order valence-electron chi connectivity index (χ1n) is 7.48. The molecule has 0 radical (unpaired) electrons. The van der Waals surface area contributed by atoms with E-state index >= 15 is 0 Å². The molecule has 24 heavy (non-hydrogen) atoms. The second-order valence-electron chi connectivity index (χ2n) is 5.24. The standard InChI is InChI=1S/C19H18N2O2S/c1-22-17-10-16(11-18(12-17)23-2)21-19(24)20-15-8-7-13-5-3-4-6-14(13)9-15/h3-12H,1-2H3,(H2,20,21,24). The summed E-state index contributed by atoms with van der Waals surface area (Å²) in [6.07, 6.45) is 0. The molecule has 5 heteroatoms. The Morgan fingerprint density at radius 2 is 1.38 bits per heavy atom. The summed E-state index contributed by atoms with van der Waals surface area (Å²) in [6, 6.07) is 19.9. The predicted molar refractivity (Wildman–Crippen MR) is 103 cm³/mol. The zero-order valence-corrected chi connectivity index (χ0v) is 14.3. The molecule has 0 saturated heterocycles. The van der Waals surface area contributed by atoms with Gasteiger partial charge in [-0.15, -0.1) is 0 Å². The molecule has 0 aliphatic rings. The van der Waals surface area contributed by atoms with Crippen molar-refractivity contribution in [3.8, 4) is 11.5 Å². The average molecular weight is 338 g/mol. The third-order valence-electron chi connectivity index (χ3n) is 3.62. The van der Waals surface area contributed by atoms with Gasteiger partial charge in [-0.1, -0.05) is 30.3 Å². The van der Waals surface area contributed by atoms with Gasteiger partial charge in [-0.05, 0) is 35.1 Å². The fourth-order valence-corrected chi connectivity index (χ4v) is 2.68. The summed E-state index contributed by atoms with van der Waals surface area (Å²) in [5.41, 5.74) is 1.73. The van der Waals surface area contributed by atoms with E-state index in [4.69, 9.17) is 21.7 Å². The summed E-state index contributed by atoms with van der Waals surface area (Å²) in [6.45, 7) is 0. The number of methoxy groups -OCH3 is 2. The van der Waals surface area contributed by atoms with Gasteiger partial charge in [0.1, 0.15) is 11.5 Å². The van der Waals surface area contributed by atoms with Crippen LogP contribution in [-0.4, -0.2) is 19.3 Å². The SMILES string of the molecule is COc1cc(NC(=S)Nc2ccc3ccccc3c2)cc(OC)c1. The maximum Gasteiger partial charge on any atom is 0.175 e. The van der Waals surface area contributed by atoms with Gasteiger partial charge >= 0.3 is 0 Å². The summed E-state index contributed by atoms with van der Waals surface area (Å²) in [4.78, 5) is 0. The van der Waals surface area contributed by atoms with Gasteiger partial charge in [-0.3, -0.25) is 0 Å². The van der Waals surface area contributed by atoms with Crippen LogP contribution >= 0.6 is 12.2 Å². The molecule has 0 heterocycles. The molecule has 3 rings (SSSR count). The van der Waals surface area contributed by atoms with Gasteiger partial charge in [0, 0.05) is 29.6 Å². The highest BCUT2D eigenvalue weighted by Crippen LogP contribution is 2.26. The Morgan fingerprint density at radius 3 is 2.04 bits per heavy atom. The van der Waals surface area contributed by atoms with Crippen LogP contribution in [0.1, 0.15) is 0 Å². The second kappa shape index (κ2) is 7.19. The van der Waals surface area contributed by atoms with Gasteiger partial charge in [0.2, 0.25) is 0 Å². The molecule has 0 amide bonds. The number of benzene rings is 3. The number of fused-ring (bicyclic) bond motifs is 1. The van der Waals surface area contributed by atoms with Crippen LogP contribution in [-0.2, 0) is 0 Å². The highest BCUT2D eigenvalue weighted by Gasteiger charge is 2.04. The molecular weight excluding hydrogens is 320 g/mol. The third kappa shape index (κ3) is 3.75. The topological polar surface area (TPSA) is 42.5 Å². The van der Waals surface area contributed by atoms with E-state index in [-0.39, 0.29) is 0 Å². The number of anilines is 2. The van der Waals surface area contributed by atoms with Crippen LogP contribution in [0.5, 0.6) is 11.5 Å². The Bertz CT molecular complexity index is 858. The summed E-state index contributed by atoms with van der Waals surface area (Å²) in [7, 11) is 3.23. The van der Waals surface area contributed by atoms with Crippen molar-refractivity contribution in [2.24, 2.45) is 0 Å². The lowest BCUT2D eigenvalue weighted by molar-refractivity contribution is 0.395. The van der Waals surface area contributed by atoms with Crippen LogP contribution < -0.4 is 20.1 Å². The number of thiocarbonyl (C=S) groups is 1. The van der Waals surface area contributed by atoms with Crippen molar-refractivity contribution in [2.45, 2.75) is 0 Å². The van der Waals surface area contributed by atoms with E-state index in [1.165, 1.54) is 5.39 Å². The Balaban J connectivity index is 1.74. The molecule has 3 aromatic rings. The Morgan fingerprint density at radius 1 is 0.750 bits per heavy atom. The molecule has 0 aliphatic carbocycles. The predicted octanol–water partition coefficient (Wildman–Crippen LogP) is 4.67. The van der Waals surface area contributed by atoms with E-state index in [2.05, 4.69) is 34.9 Å². The van der Waals surface area contributed by atoms with Gasteiger partial charge in [0.25, 0.3) is 0 Å². The zero-order valence-electron chi connectivity index (χ0n) is 13.5. The first-order valence-corrected chi connectivity index (χ1v) is 7.88. The number of nitrogens with one attached hydrogen (secondary N) is 2. The van der Waals surface area contributed by atoms with Crippen LogP contribution in [0.25, 0.3) is 10.8 Å². The van der Waals surface area contributed by atoms with E-state index in [0.717, 1.165) is 16.8 Å². The molecule has 0 fully saturated rings. The highest BCUT2D eigenvalue weighted by atomic mass is 32.1. The summed E-state index contributed by atoms with van der Waals surface area (Å²) < 4.78 is 10.5. The molecule has 3 aromatic carbocycles. The van der Waals surface area contributed by atoms with E-state index < -0.39 is 0 Å². The van der Waals surface area contributed by atoms with Crippen molar-refractivity contribution < 1.29 is 9.47 Å². The van der Waals surface area contributed by atoms with Gasteiger partial charge in [-0.25, -0.2) is 0 Å². The lowest BCUT2D eigenvalue weighted by atomic mass is 10.1. The maximum atomic E-state index is 5.40. The summed E-state index contributed by atoms with van der Waals surface area (Å²) in [5, 5.41) is 9.20. The molecule has 2 N–H and O–H groups in total.